The largest absolute Gasteiger partial charge is 0.593 e. The molecule has 0 aliphatic carbocycles. The summed E-state index contributed by atoms with van der Waals surface area (Å²) in [6, 6.07) is 7.09. The highest BCUT2D eigenvalue weighted by atomic mass is 32.2. The van der Waals surface area contributed by atoms with E-state index in [9.17, 15) is 9.35 Å². The minimum atomic E-state index is -1.27. The van der Waals surface area contributed by atoms with E-state index in [0.717, 1.165) is 43.5 Å². The molecular formula is C20H21N5O2S. The molecule has 0 bridgehead atoms. The Morgan fingerprint density at radius 2 is 2.07 bits per heavy atom. The van der Waals surface area contributed by atoms with Gasteiger partial charge in [0.2, 0.25) is 0 Å². The maximum absolute atomic E-state index is 12.5. The van der Waals surface area contributed by atoms with Gasteiger partial charge in [0.05, 0.1) is 11.4 Å². The van der Waals surface area contributed by atoms with Gasteiger partial charge in [-0.05, 0) is 25.8 Å². The van der Waals surface area contributed by atoms with Crippen molar-refractivity contribution in [3.05, 3.63) is 60.0 Å². The summed E-state index contributed by atoms with van der Waals surface area (Å²) in [5, 5.41) is 1.46. The lowest BCUT2D eigenvalue weighted by Gasteiger charge is -2.32. The highest BCUT2D eigenvalue weighted by molar-refractivity contribution is 7.92. The molecule has 3 aromatic rings. The van der Waals surface area contributed by atoms with Gasteiger partial charge in [0.25, 0.3) is 0 Å². The number of piperidine rings is 1. The van der Waals surface area contributed by atoms with Gasteiger partial charge in [0.15, 0.2) is 0 Å². The molecule has 1 saturated heterocycles. The van der Waals surface area contributed by atoms with Crippen LogP contribution in [-0.4, -0.2) is 36.1 Å². The lowest BCUT2D eigenvalue weighted by atomic mass is 10.0. The van der Waals surface area contributed by atoms with E-state index in [4.69, 9.17) is 10.7 Å². The number of rotatable bonds is 5. The molecule has 0 radical (unpaired) electrons. The topological polar surface area (TPSA) is 99.6 Å². The normalized spacial score (nSPS) is 18.8. The fourth-order valence-corrected chi connectivity index (χ4v) is 4.67. The molecule has 0 amide bonds. The first kappa shape index (κ1) is 18.7. The van der Waals surface area contributed by atoms with Gasteiger partial charge in [0, 0.05) is 30.1 Å². The molecule has 2 N–H and O–H groups in total. The number of nitrogens with zero attached hydrogens (tertiary/aromatic N) is 4. The number of imidazole rings is 1. The van der Waals surface area contributed by atoms with Crippen molar-refractivity contribution in [1.82, 2.24) is 18.7 Å². The summed E-state index contributed by atoms with van der Waals surface area (Å²) >= 11 is -1.27. The molecule has 1 fully saturated rings. The van der Waals surface area contributed by atoms with Crippen LogP contribution in [0.3, 0.4) is 0 Å². The number of carbonyl (C=O) groups is 1. The molecule has 4 rings (SSSR count). The summed E-state index contributed by atoms with van der Waals surface area (Å²) in [6.07, 6.45) is 7.16. The van der Waals surface area contributed by atoms with E-state index in [1.807, 2.05) is 27.0 Å². The zero-order chi connectivity index (χ0) is 19.7. The van der Waals surface area contributed by atoms with Crippen LogP contribution in [0.15, 0.2) is 48.6 Å². The third-order valence-corrected chi connectivity index (χ3v) is 6.24. The van der Waals surface area contributed by atoms with E-state index in [1.54, 1.807) is 18.3 Å². The number of fused-ring (bicyclic) bond motifs is 1. The smallest absolute Gasteiger partial charge is 0.150 e. The summed E-state index contributed by atoms with van der Waals surface area (Å²) < 4.78 is 16.4. The number of hydrogen-bond donors (Lipinski definition) is 1. The first-order valence-electron chi connectivity index (χ1n) is 9.12. The summed E-state index contributed by atoms with van der Waals surface area (Å²) in [6.45, 7) is 4.41. The zero-order valence-corrected chi connectivity index (χ0v) is 16.1. The van der Waals surface area contributed by atoms with E-state index >= 15 is 0 Å². The highest BCUT2D eigenvalue weighted by Gasteiger charge is 2.35. The van der Waals surface area contributed by atoms with Crippen LogP contribution in [0.1, 0.15) is 41.5 Å². The van der Waals surface area contributed by atoms with Gasteiger partial charge in [-0.15, -0.1) is 4.31 Å². The van der Waals surface area contributed by atoms with Crippen molar-refractivity contribution in [3.63, 3.8) is 0 Å². The van der Waals surface area contributed by atoms with Crippen molar-refractivity contribution in [1.29, 1.82) is 0 Å². The molecule has 1 aliphatic rings. The zero-order valence-electron chi connectivity index (χ0n) is 15.3. The van der Waals surface area contributed by atoms with Crippen molar-refractivity contribution >= 4 is 29.0 Å². The Labute approximate surface area is 166 Å². The molecule has 3 heterocycles. The number of aromatic nitrogens is 3. The lowest BCUT2D eigenvalue weighted by molar-refractivity contribution is 0.112. The number of carbonyl (C=O) groups excluding carboxylic acids is 1. The van der Waals surface area contributed by atoms with Gasteiger partial charge in [-0.25, -0.2) is 9.97 Å². The van der Waals surface area contributed by atoms with E-state index in [-0.39, 0.29) is 6.04 Å². The molecular weight excluding hydrogens is 374 g/mol. The minimum absolute atomic E-state index is 0.107. The fourth-order valence-electron chi connectivity index (χ4n) is 3.72. The highest BCUT2D eigenvalue weighted by Crippen LogP contribution is 2.37. The van der Waals surface area contributed by atoms with Gasteiger partial charge >= 0.3 is 0 Å². The predicted molar refractivity (Wildman–Crippen MR) is 110 cm³/mol. The van der Waals surface area contributed by atoms with Crippen LogP contribution in [0.2, 0.25) is 0 Å². The fraction of sp³-hybridized carbons (Fsp3) is 0.250. The van der Waals surface area contributed by atoms with Crippen LogP contribution in [-0.2, 0) is 11.4 Å². The lowest BCUT2D eigenvalue weighted by Crippen LogP contribution is -2.38. The summed E-state index contributed by atoms with van der Waals surface area (Å²) in [4.78, 5) is 20.1. The number of benzene rings is 1. The number of nitrogen functional groups attached to an aromatic ring is 1. The molecule has 28 heavy (non-hydrogen) atoms. The molecule has 2 aromatic heterocycles. The first-order valence-corrected chi connectivity index (χ1v) is 10.3. The Morgan fingerprint density at radius 1 is 1.29 bits per heavy atom. The number of aldehydes is 1. The Balaban J connectivity index is 1.88. The summed E-state index contributed by atoms with van der Waals surface area (Å²) in [7, 11) is 0. The Morgan fingerprint density at radius 3 is 2.79 bits per heavy atom. The maximum atomic E-state index is 12.5. The van der Waals surface area contributed by atoms with Gasteiger partial charge in [-0.3, -0.25) is 9.20 Å². The van der Waals surface area contributed by atoms with E-state index in [2.05, 4.69) is 11.6 Å². The third-order valence-electron chi connectivity index (χ3n) is 5.06. The average molecular weight is 395 g/mol. The Kier molecular flexibility index (Phi) is 5.17. The Bertz CT molecular complexity index is 1020. The number of nitrogens with two attached hydrogens (primary N) is 1. The second-order valence-corrected chi connectivity index (χ2v) is 8.04. The molecule has 144 valence electrons. The molecule has 1 unspecified atom stereocenters. The van der Waals surface area contributed by atoms with E-state index in [0.29, 0.717) is 22.6 Å². The van der Waals surface area contributed by atoms with Crippen LogP contribution >= 0.6 is 0 Å². The number of anilines is 1. The molecule has 2 atom stereocenters. The standard InChI is InChI=1S/C20H21N5O2S/c1-2-28(27)25-11-4-3-5-16(25)20-23-17(15-8-6-14(13-26)7-9-15)18-19(21)22-10-12-24(18)20/h2,6-10,12-13,16H,1,3-5,11H2,(H2,21,22)/t16-,28?/m0/s1. The van der Waals surface area contributed by atoms with Crippen LogP contribution in [0.25, 0.3) is 16.8 Å². The predicted octanol–water partition coefficient (Wildman–Crippen LogP) is 3.13. The third kappa shape index (κ3) is 3.19. The van der Waals surface area contributed by atoms with Gasteiger partial charge in [0.1, 0.15) is 40.6 Å². The van der Waals surface area contributed by atoms with Crippen LogP contribution in [0.5, 0.6) is 0 Å². The Hall–Kier alpha value is -2.68. The van der Waals surface area contributed by atoms with Crippen molar-refractivity contribution in [2.24, 2.45) is 0 Å². The van der Waals surface area contributed by atoms with Crippen molar-refractivity contribution in [2.75, 3.05) is 12.3 Å². The van der Waals surface area contributed by atoms with Crippen LogP contribution in [0.4, 0.5) is 5.82 Å². The quantitative estimate of drug-likeness (QED) is 0.526. The van der Waals surface area contributed by atoms with Crippen molar-refractivity contribution in [3.8, 4) is 11.3 Å². The molecule has 1 aromatic carbocycles. The molecule has 7 nitrogen and oxygen atoms in total. The average Bonchev–Trinajstić information content (AvgIpc) is 3.14. The maximum Gasteiger partial charge on any atom is 0.150 e. The van der Waals surface area contributed by atoms with Crippen molar-refractivity contribution in [2.45, 2.75) is 25.3 Å². The van der Waals surface area contributed by atoms with E-state index < -0.39 is 11.4 Å². The molecule has 0 saturated carbocycles. The number of hydrogen-bond acceptors (Lipinski definition) is 6. The van der Waals surface area contributed by atoms with Crippen LogP contribution in [0, 0.1) is 0 Å². The molecule has 8 heteroatoms. The molecule has 1 aliphatic heterocycles. The monoisotopic (exact) mass is 395 g/mol. The summed E-state index contributed by atoms with van der Waals surface area (Å²) in [5.41, 5.74) is 9.06. The van der Waals surface area contributed by atoms with Gasteiger partial charge in [-0.2, -0.15) is 0 Å². The SMILES string of the molecule is C=C[S+]([O-])N1CCCC[C@H]1c1nc(-c2ccc(C=O)cc2)c2c(N)nccn12. The van der Waals surface area contributed by atoms with Gasteiger partial charge in [-0.1, -0.05) is 24.3 Å². The second-order valence-electron chi connectivity index (χ2n) is 6.68. The first-order chi connectivity index (χ1) is 13.6. The minimum Gasteiger partial charge on any atom is -0.593 e. The van der Waals surface area contributed by atoms with E-state index in [1.165, 1.54) is 5.41 Å². The van der Waals surface area contributed by atoms with Crippen molar-refractivity contribution < 1.29 is 9.35 Å². The van der Waals surface area contributed by atoms with Gasteiger partial charge < -0.3 is 10.3 Å². The summed E-state index contributed by atoms with van der Waals surface area (Å²) in [5.74, 6) is 1.16. The van der Waals surface area contributed by atoms with Crippen LogP contribution < -0.4 is 5.73 Å². The second kappa shape index (κ2) is 7.75. The molecule has 0 spiro atoms.